The summed E-state index contributed by atoms with van der Waals surface area (Å²) in [5.41, 5.74) is 4.29. The highest BCUT2D eigenvalue weighted by atomic mass is 16.9. The molecule has 3 saturated heterocycles. The third-order valence-corrected chi connectivity index (χ3v) is 4.13. The molecule has 3 aliphatic heterocycles. The summed E-state index contributed by atoms with van der Waals surface area (Å²) in [5, 5.41) is 11.1. The standard InChI is InChI=1S/C13H23NO6/c1-10(2)17-7-13(20-10)12(15,6-14)9-8(5-16-13)18-11(3,4)19-9/h8-9,15H,5-7,14H2,1-4H3/t8-,9-,12-,13+/m1/s1. The summed E-state index contributed by atoms with van der Waals surface area (Å²) in [4.78, 5) is 0. The summed E-state index contributed by atoms with van der Waals surface area (Å²) in [5.74, 6) is -2.95. The molecular weight excluding hydrogens is 266 g/mol. The molecule has 3 fully saturated rings. The molecule has 1 spiro atoms. The van der Waals surface area contributed by atoms with Crippen molar-refractivity contribution < 1.29 is 28.8 Å². The summed E-state index contributed by atoms with van der Waals surface area (Å²) in [6.45, 7) is 7.41. The van der Waals surface area contributed by atoms with Crippen molar-refractivity contribution in [2.45, 2.75) is 62.9 Å². The van der Waals surface area contributed by atoms with Gasteiger partial charge in [-0.3, -0.25) is 0 Å². The third kappa shape index (κ3) is 1.93. The van der Waals surface area contributed by atoms with Crippen molar-refractivity contribution in [2.24, 2.45) is 5.73 Å². The SMILES string of the molecule is CC1(C)O[C@@H]2[C@@H](CO[C@]3(COC(C)(C)O3)[C@@]2(O)CN)O1. The second-order valence-electron chi connectivity index (χ2n) is 6.58. The van der Waals surface area contributed by atoms with Crippen molar-refractivity contribution >= 4 is 0 Å². The van der Waals surface area contributed by atoms with E-state index in [9.17, 15) is 5.11 Å². The zero-order valence-corrected chi connectivity index (χ0v) is 12.3. The Hall–Kier alpha value is -0.280. The molecular formula is C13H23NO6. The van der Waals surface area contributed by atoms with E-state index in [1.54, 1.807) is 27.7 Å². The van der Waals surface area contributed by atoms with Gasteiger partial charge in [-0.25, -0.2) is 0 Å². The van der Waals surface area contributed by atoms with Crippen molar-refractivity contribution in [1.29, 1.82) is 0 Å². The molecule has 0 radical (unpaired) electrons. The molecule has 0 saturated carbocycles. The predicted molar refractivity (Wildman–Crippen MR) is 67.6 cm³/mol. The highest BCUT2D eigenvalue weighted by molar-refractivity contribution is 5.11. The van der Waals surface area contributed by atoms with E-state index in [2.05, 4.69) is 0 Å². The lowest BCUT2D eigenvalue weighted by Crippen LogP contribution is -2.73. The van der Waals surface area contributed by atoms with Gasteiger partial charge in [-0.15, -0.1) is 0 Å². The first-order valence-electron chi connectivity index (χ1n) is 6.89. The Labute approximate surface area is 118 Å². The molecule has 4 atom stereocenters. The smallest absolute Gasteiger partial charge is 0.228 e. The zero-order chi connectivity index (χ0) is 14.8. The van der Waals surface area contributed by atoms with Crippen molar-refractivity contribution in [2.75, 3.05) is 19.8 Å². The molecule has 3 aliphatic rings. The average molecular weight is 289 g/mol. The van der Waals surface area contributed by atoms with Crippen LogP contribution in [0.2, 0.25) is 0 Å². The molecule has 3 N–H and O–H groups in total. The van der Waals surface area contributed by atoms with Crippen LogP contribution in [0.3, 0.4) is 0 Å². The van der Waals surface area contributed by atoms with Gasteiger partial charge in [-0.05, 0) is 27.7 Å². The average Bonchev–Trinajstić information content (AvgIpc) is 2.83. The third-order valence-electron chi connectivity index (χ3n) is 4.13. The van der Waals surface area contributed by atoms with E-state index in [1.807, 2.05) is 0 Å². The number of fused-ring (bicyclic) bond motifs is 1. The molecule has 7 heteroatoms. The van der Waals surface area contributed by atoms with Crippen LogP contribution in [0, 0.1) is 0 Å². The molecule has 0 amide bonds. The van der Waals surface area contributed by atoms with E-state index in [-0.39, 0.29) is 25.9 Å². The van der Waals surface area contributed by atoms with Crippen LogP contribution < -0.4 is 5.73 Å². The number of aliphatic hydroxyl groups is 1. The molecule has 0 aromatic carbocycles. The van der Waals surface area contributed by atoms with Gasteiger partial charge in [-0.1, -0.05) is 0 Å². The fourth-order valence-corrected chi connectivity index (χ4v) is 3.20. The van der Waals surface area contributed by atoms with Gasteiger partial charge < -0.3 is 34.5 Å². The lowest BCUT2D eigenvalue weighted by molar-refractivity contribution is -0.363. The van der Waals surface area contributed by atoms with Crippen molar-refractivity contribution in [3.8, 4) is 0 Å². The van der Waals surface area contributed by atoms with E-state index < -0.39 is 29.1 Å². The number of rotatable bonds is 1. The van der Waals surface area contributed by atoms with Crippen LogP contribution in [0.5, 0.6) is 0 Å². The van der Waals surface area contributed by atoms with Crippen LogP contribution in [0.25, 0.3) is 0 Å². The Morgan fingerprint density at radius 2 is 1.80 bits per heavy atom. The Morgan fingerprint density at radius 3 is 2.35 bits per heavy atom. The minimum Gasteiger partial charge on any atom is -0.380 e. The Kier molecular flexibility index (Phi) is 3.03. The number of hydrogen-bond donors (Lipinski definition) is 2. The largest absolute Gasteiger partial charge is 0.380 e. The first kappa shape index (κ1) is 14.6. The minimum absolute atomic E-state index is 0.0763. The molecule has 0 aromatic heterocycles. The summed E-state index contributed by atoms with van der Waals surface area (Å²) in [6, 6.07) is 0. The van der Waals surface area contributed by atoms with Crippen molar-refractivity contribution in [3.63, 3.8) is 0 Å². The maximum absolute atomic E-state index is 11.1. The Morgan fingerprint density at radius 1 is 1.10 bits per heavy atom. The van der Waals surface area contributed by atoms with Crippen LogP contribution >= 0.6 is 0 Å². The second kappa shape index (κ2) is 4.13. The van der Waals surface area contributed by atoms with Crippen LogP contribution in [0.1, 0.15) is 27.7 Å². The fourth-order valence-electron chi connectivity index (χ4n) is 3.20. The molecule has 0 aliphatic carbocycles. The molecule has 3 rings (SSSR count). The van der Waals surface area contributed by atoms with E-state index in [0.717, 1.165) is 0 Å². The number of nitrogens with two attached hydrogens (primary N) is 1. The van der Waals surface area contributed by atoms with Crippen molar-refractivity contribution in [1.82, 2.24) is 0 Å². The maximum Gasteiger partial charge on any atom is 0.228 e. The topological polar surface area (TPSA) is 92.4 Å². The first-order valence-corrected chi connectivity index (χ1v) is 6.89. The second-order valence-corrected chi connectivity index (χ2v) is 6.58. The van der Waals surface area contributed by atoms with Crippen molar-refractivity contribution in [3.05, 3.63) is 0 Å². The van der Waals surface area contributed by atoms with E-state index in [0.29, 0.717) is 0 Å². The molecule has 3 heterocycles. The van der Waals surface area contributed by atoms with Crippen LogP contribution in [0.4, 0.5) is 0 Å². The van der Waals surface area contributed by atoms with E-state index >= 15 is 0 Å². The minimum atomic E-state index is -1.53. The Bertz CT molecular complexity index is 412. The predicted octanol–water partition coefficient (Wildman–Crippen LogP) is -0.294. The summed E-state index contributed by atoms with van der Waals surface area (Å²) >= 11 is 0. The maximum atomic E-state index is 11.1. The van der Waals surface area contributed by atoms with Gasteiger partial charge in [0.05, 0.1) is 6.61 Å². The zero-order valence-electron chi connectivity index (χ0n) is 12.3. The lowest BCUT2D eigenvalue weighted by Gasteiger charge is -2.49. The van der Waals surface area contributed by atoms with Gasteiger partial charge >= 0.3 is 0 Å². The molecule has 0 bridgehead atoms. The summed E-state index contributed by atoms with van der Waals surface area (Å²) in [6.07, 6.45) is -0.995. The fraction of sp³-hybridized carbons (Fsp3) is 1.00. The normalized spacial score (nSPS) is 49.5. The monoisotopic (exact) mass is 289 g/mol. The molecule has 7 nitrogen and oxygen atoms in total. The quantitative estimate of drug-likeness (QED) is 0.685. The van der Waals surface area contributed by atoms with Gasteiger partial charge in [0.2, 0.25) is 5.79 Å². The first-order chi connectivity index (χ1) is 9.13. The summed E-state index contributed by atoms with van der Waals surface area (Å²) < 4.78 is 28.8. The molecule has 0 unspecified atom stereocenters. The van der Waals surface area contributed by atoms with E-state index in [4.69, 9.17) is 29.4 Å². The highest BCUT2D eigenvalue weighted by Gasteiger charge is 2.70. The van der Waals surface area contributed by atoms with E-state index in [1.165, 1.54) is 0 Å². The van der Waals surface area contributed by atoms with Gasteiger partial charge in [-0.2, -0.15) is 0 Å². The van der Waals surface area contributed by atoms with Gasteiger partial charge in [0, 0.05) is 6.54 Å². The van der Waals surface area contributed by atoms with Gasteiger partial charge in [0.25, 0.3) is 0 Å². The molecule has 0 aromatic rings. The van der Waals surface area contributed by atoms with Gasteiger partial charge in [0.1, 0.15) is 18.8 Å². The Balaban J connectivity index is 1.95. The number of hydrogen-bond acceptors (Lipinski definition) is 7. The van der Waals surface area contributed by atoms with Crippen LogP contribution in [0.15, 0.2) is 0 Å². The molecule has 116 valence electrons. The van der Waals surface area contributed by atoms with Gasteiger partial charge in [0.15, 0.2) is 17.2 Å². The summed E-state index contributed by atoms with van der Waals surface area (Å²) in [7, 11) is 0. The van der Waals surface area contributed by atoms with Crippen LogP contribution in [-0.2, 0) is 23.7 Å². The lowest BCUT2D eigenvalue weighted by atomic mass is 9.82. The molecule has 20 heavy (non-hydrogen) atoms. The highest BCUT2D eigenvalue weighted by Crippen LogP contribution is 2.48. The number of ether oxygens (including phenoxy) is 5. The van der Waals surface area contributed by atoms with Crippen LogP contribution in [-0.4, -0.2) is 60.0 Å².